The molecule has 1 amide bonds. The molecule has 7 heteroatoms. The fourth-order valence-corrected chi connectivity index (χ4v) is 2.20. The summed E-state index contributed by atoms with van der Waals surface area (Å²) in [7, 11) is 0. The summed E-state index contributed by atoms with van der Waals surface area (Å²) in [4.78, 5) is 12.5. The van der Waals surface area contributed by atoms with Crippen LogP contribution in [0.25, 0.3) is 0 Å². The minimum atomic E-state index is -2.89. The Balaban J connectivity index is 0.00000128. The number of nitrogens with one attached hydrogen (secondary N) is 1. The van der Waals surface area contributed by atoms with E-state index in [4.69, 9.17) is 0 Å². The van der Waals surface area contributed by atoms with Gasteiger partial charge in [0.15, 0.2) is 0 Å². The predicted octanol–water partition coefficient (Wildman–Crippen LogP) is -0.00140. The van der Waals surface area contributed by atoms with Crippen LogP contribution in [0, 0.1) is 0 Å². The number of aliphatic hydroxyl groups excluding tert-OH is 1. The largest absolute Gasteiger partial charge is 0.383 e. The van der Waals surface area contributed by atoms with E-state index in [1.54, 1.807) is 0 Å². The molecule has 2 fully saturated rings. The highest BCUT2D eigenvalue weighted by Gasteiger charge is 2.49. The summed E-state index contributed by atoms with van der Waals surface area (Å²) in [6.45, 7) is 0.331. The molecule has 2 saturated heterocycles. The average molecular weight is 257 g/mol. The molecule has 0 aromatic heterocycles. The maximum absolute atomic E-state index is 13.5. The van der Waals surface area contributed by atoms with Crippen molar-refractivity contribution >= 4 is 18.3 Å². The third kappa shape index (κ3) is 2.28. The van der Waals surface area contributed by atoms with Crippen LogP contribution >= 0.6 is 12.4 Å². The van der Waals surface area contributed by atoms with Gasteiger partial charge in [-0.1, -0.05) is 0 Å². The van der Waals surface area contributed by atoms with E-state index in [9.17, 15) is 18.7 Å². The lowest BCUT2D eigenvalue weighted by atomic mass is 10.0. The van der Waals surface area contributed by atoms with Crippen molar-refractivity contribution in [3.05, 3.63) is 0 Å². The molecule has 2 aliphatic heterocycles. The van der Waals surface area contributed by atoms with Crippen molar-refractivity contribution in [2.45, 2.75) is 30.9 Å². The first-order valence-corrected chi connectivity index (χ1v) is 5.09. The van der Waals surface area contributed by atoms with Crippen LogP contribution in [-0.4, -0.2) is 53.6 Å². The molecule has 0 aromatic carbocycles. The van der Waals surface area contributed by atoms with Gasteiger partial charge in [0.1, 0.15) is 6.10 Å². The zero-order valence-electron chi connectivity index (χ0n) is 8.66. The number of carbonyl (C=O) groups excluding carboxylic acids is 1. The number of halogens is 3. The second kappa shape index (κ2) is 4.81. The number of alkyl halides is 2. The van der Waals surface area contributed by atoms with E-state index >= 15 is 0 Å². The predicted molar refractivity (Wildman–Crippen MR) is 55.8 cm³/mol. The van der Waals surface area contributed by atoms with E-state index in [1.165, 1.54) is 0 Å². The Bertz CT molecular complexity index is 278. The summed E-state index contributed by atoms with van der Waals surface area (Å²) >= 11 is 0. The Labute approximate surface area is 98.4 Å². The molecule has 2 heterocycles. The van der Waals surface area contributed by atoms with Gasteiger partial charge in [-0.05, 0) is 19.4 Å². The number of hydrogen-bond acceptors (Lipinski definition) is 3. The van der Waals surface area contributed by atoms with E-state index < -0.39 is 30.5 Å². The first kappa shape index (κ1) is 13.6. The molecule has 94 valence electrons. The first-order valence-electron chi connectivity index (χ1n) is 5.09. The SMILES string of the molecule is Cl.O=C1C(O)CCN1C1CCNCC1(F)F. The second-order valence-electron chi connectivity index (χ2n) is 4.08. The highest BCUT2D eigenvalue weighted by Crippen LogP contribution is 2.30. The van der Waals surface area contributed by atoms with E-state index in [0.29, 0.717) is 6.54 Å². The molecule has 0 aliphatic carbocycles. The van der Waals surface area contributed by atoms with Gasteiger partial charge in [0, 0.05) is 6.54 Å². The monoisotopic (exact) mass is 256 g/mol. The van der Waals surface area contributed by atoms with Crippen molar-refractivity contribution in [3.8, 4) is 0 Å². The Morgan fingerprint density at radius 3 is 2.62 bits per heavy atom. The normalized spacial score (nSPS) is 33.7. The van der Waals surface area contributed by atoms with Crippen LogP contribution in [0.5, 0.6) is 0 Å². The first-order chi connectivity index (χ1) is 7.02. The van der Waals surface area contributed by atoms with Crippen LogP contribution in [0.1, 0.15) is 12.8 Å². The average Bonchev–Trinajstić information content (AvgIpc) is 2.48. The Morgan fingerprint density at radius 2 is 2.12 bits per heavy atom. The zero-order valence-corrected chi connectivity index (χ0v) is 9.47. The van der Waals surface area contributed by atoms with Gasteiger partial charge in [-0.2, -0.15) is 0 Å². The van der Waals surface area contributed by atoms with Gasteiger partial charge in [-0.25, -0.2) is 8.78 Å². The molecule has 2 rings (SSSR count). The number of hydrogen-bond donors (Lipinski definition) is 2. The molecule has 0 saturated carbocycles. The van der Waals surface area contributed by atoms with Crippen molar-refractivity contribution in [2.75, 3.05) is 19.6 Å². The van der Waals surface area contributed by atoms with E-state index in [0.717, 1.165) is 4.90 Å². The summed E-state index contributed by atoms with van der Waals surface area (Å²) in [5.41, 5.74) is 0. The highest BCUT2D eigenvalue weighted by atomic mass is 35.5. The summed E-state index contributed by atoms with van der Waals surface area (Å²) < 4.78 is 27.0. The maximum atomic E-state index is 13.5. The second-order valence-corrected chi connectivity index (χ2v) is 4.08. The minimum absolute atomic E-state index is 0. The van der Waals surface area contributed by atoms with Gasteiger partial charge >= 0.3 is 0 Å². The molecule has 4 nitrogen and oxygen atoms in total. The standard InChI is InChI=1S/C9H14F2N2O2.ClH/c10-9(11)5-12-3-1-7(9)13-4-2-6(14)8(13)15;/h6-7,12,14H,1-5H2;1H. The molecule has 0 bridgehead atoms. The van der Waals surface area contributed by atoms with Gasteiger partial charge in [-0.15, -0.1) is 12.4 Å². The topological polar surface area (TPSA) is 52.6 Å². The number of aliphatic hydroxyl groups is 1. The van der Waals surface area contributed by atoms with Gasteiger partial charge in [0.05, 0.1) is 12.6 Å². The fraction of sp³-hybridized carbons (Fsp3) is 0.889. The van der Waals surface area contributed by atoms with Crippen LogP contribution < -0.4 is 5.32 Å². The summed E-state index contributed by atoms with van der Waals surface area (Å²) in [6, 6.07) is -1.05. The molecular weight excluding hydrogens is 242 g/mol. The smallest absolute Gasteiger partial charge is 0.280 e. The van der Waals surface area contributed by atoms with E-state index in [1.807, 2.05) is 0 Å². The third-order valence-corrected chi connectivity index (χ3v) is 3.03. The molecule has 2 unspecified atom stereocenters. The molecule has 0 aromatic rings. The number of piperidine rings is 1. The fourth-order valence-electron chi connectivity index (χ4n) is 2.20. The van der Waals surface area contributed by atoms with Crippen LogP contribution in [0.4, 0.5) is 8.78 Å². The lowest BCUT2D eigenvalue weighted by Crippen LogP contribution is -2.58. The molecule has 0 radical (unpaired) electrons. The van der Waals surface area contributed by atoms with Gasteiger partial charge in [-0.3, -0.25) is 4.79 Å². The van der Waals surface area contributed by atoms with E-state index in [2.05, 4.69) is 5.32 Å². The molecule has 2 N–H and O–H groups in total. The summed E-state index contributed by atoms with van der Waals surface area (Å²) in [5, 5.41) is 11.8. The Morgan fingerprint density at radius 1 is 1.44 bits per heavy atom. The van der Waals surface area contributed by atoms with E-state index in [-0.39, 0.29) is 31.8 Å². The van der Waals surface area contributed by atoms with Crippen molar-refractivity contribution in [1.29, 1.82) is 0 Å². The van der Waals surface area contributed by atoms with Crippen LogP contribution in [-0.2, 0) is 4.79 Å². The molecule has 16 heavy (non-hydrogen) atoms. The lowest BCUT2D eigenvalue weighted by Gasteiger charge is -2.37. The van der Waals surface area contributed by atoms with Gasteiger partial charge < -0.3 is 15.3 Å². The van der Waals surface area contributed by atoms with Crippen LogP contribution in [0.3, 0.4) is 0 Å². The minimum Gasteiger partial charge on any atom is -0.383 e. The van der Waals surface area contributed by atoms with Crippen LogP contribution in [0.2, 0.25) is 0 Å². The number of carbonyl (C=O) groups is 1. The quantitative estimate of drug-likeness (QED) is 0.694. The molecule has 2 aliphatic rings. The Hall–Kier alpha value is -0.460. The summed E-state index contributed by atoms with van der Waals surface area (Å²) in [5.74, 6) is -3.44. The molecule has 2 atom stereocenters. The van der Waals surface area contributed by atoms with Crippen LogP contribution in [0.15, 0.2) is 0 Å². The van der Waals surface area contributed by atoms with Crippen molar-refractivity contribution in [2.24, 2.45) is 0 Å². The third-order valence-electron chi connectivity index (χ3n) is 3.03. The van der Waals surface area contributed by atoms with Gasteiger partial charge in [0.25, 0.3) is 11.8 Å². The molecule has 0 spiro atoms. The number of rotatable bonds is 1. The maximum Gasteiger partial charge on any atom is 0.280 e. The van der Waals surface area contributed by atoms with Crippen molar-refractivity contribution in [3.63, 3.8) is 0 Å². The number of nitrogens with zero attached hydrogens (tertiary/aromatic N) is 1. The number of amides is 1. The molecular formula is C9H15ClF2N2O2. The lowest BCUT2D eigenvalue weighted by molar-refractivity contribution is -0.148. The highest BCUT2D eigenvalue weighted by molar-refractivity contribution is 5.85. The van der Waals surface area contributed by atoms with Gasteiger partial charge in [0.2, 0.25) is 0 Å². The van der Waals surface area contributed by atoms with Crippen molar-refractivity contribution < 1.29 is 18.7 Å². The Kier molecular flexibility index (Phi) is 4.09. The summed E-state index contributed by atoms with van der Waals surface area (Å²) in [6.07, 6.45) is -0.583. The number of likely N-dealkylation sites (tertiary alicyclic amines) is 1. The zero-order chi connectivity index (χ0) is 11.1. The van der Waals surface area contributed by atoms with Crippen molar-refractivity contribution in [1.82, 2.24) is 10.2 Å².